The van der Waals surface area contributed by atoms with Gasteiger partial charge in [-0.2, -0.15) is 0 Å². The third-order valence-electron chi connectivity index (χ3n) is 4.37. The van der Waals surface area contributed by atoms with E-state index in [1.54, 1.807) is 0 Å². The number of ether oxygens (including phenoxy) is 1. The number of anilines is 1. The van der Waals surface area contributed by atoms with E-state index in [1.807, 2.05) is 6.20 Å². The molecule has 0 spiro atoms. The summed E-state index contributed by atoms with van der Waals surface area (Å²) in [5.74, 6) is 0.754. The molecule has 4 heteroatoms. The molecule has 0 saturated carbocycles. The molecular formula is C16H25N3O. The summed E-state index contributed by atoms with van der Waals surface area (Å²) in [6, 6.07) is 4.33. The second-order valence-corrected chi connectivity index (χ2v) is 6.03. The Morgan fingerprint density at radius 2 is 2.25 bits per heavy atom. The Bertz CT molecular complexity index is 431. The van der Waals surface area contributed by atoms with Crippen molar-refractivity contribution in [3.05, 3.63) is 24.0 Å². The molecule has 3 rings (SSSR count). The Hall–Kier alpha value is -1.13. The molecule has 0 aliphatic carbocycles. The molecule has 0 unspecified atom stereocenters. The van der Waals surface area contributed by atoms with Gasteiger partial charge in [0, 0.05) is 50.4 Å². The lowest BCUT2D eigenvalue weighted by Crippen LogP contribution is -2.34. The van der Waals surface area contributed by atoms with Gasteiger partial charge in [-0.1, -0.05) is 0 Å². The van der Waals surface area contributed by atoms with Crippen LogP contribution in [0.3, 0.4) is 0 Å². The first-order valence-electron chi connectivity index (χ1n) is 7.79. The fraction of sp³-hybridized carbons (Fsp3) is 0.688. The molecule has 0 radical (unpaired) electrons. The van der Waals surface area contributed by atoms with Crippen LogP contribution in [0.5, 0.6) is 0 Å². The van der Waals surface area contributed by atoms with Crippen LogP contribution in [0, 0.1) is 12.8 Å². The maximum absolute atomic E-state index is 5.49. The van der Waals surface area contributed by atoms with E-state index in [4.69, 9.17) is 4.74 Å². The molecule has 0 amide bonds. The predicted octanol–water partition coefficient (Wildman–Crippen LogP) is 1.94. The molecule has 0 bridgehead atoms. The summed E-state index contributed by atoms with van der Waals surface area (Å²) in [5.41, 5.74) is 2.43. The van der Waals surface area contributed by atoms with Crippen LogP contribution in [0.4, 0.5) is 5.69 Å². The fourth-order valence-corrected chi connectivity index (χ4v) is 3.23. The zero-order valence-corrected chi connectivity index (χ0v) is 12.4. The second kappa shape index (κ2) is 6.55. The van der Waals surface area contributed by atoms with Gasteiger partial charge in [-0.25, -0.2) is 0 Å². The molecule has 1 aromatic rings. The molecule has 2 aliphatic rings. The zero-order valence-electron chi connectivity index (χ0n) is 12.4. The van der Waals surface area contributed by atoms with Crippen LogP contribution in [0.15, 0.2) is 18.3 Å². The predicted molar refractivity (Wildman–Crippen MR) is 81.2 cm³/mol. The van der Waals surface area contributed by atoms with Gasteiger partial charge in [0.05, 0.1) is 6.61 Å². The molecule has 1 atom stereocenters. The van der Waals surface area contributed by atoms with Crippen LogP contribution in [0.25, 0.3) is 0 Å². The summed E-state index contributed by atoms with van der Waals surface area (Å²) in [6.07, 6.45) is 4.40. The van der Waals surface area contributed by atoms with Gasteiger partial charge in [-0.05, 0) is 44.4 Å². The van der Waals surface area contributed by atoms with Crippen molar-refractivity contribution in [1.82, 2.24) is 9.88 Å². The van der Waals surface area contributed by atoms with Crippen molar-refractivity contribution in [2.75, 3.05) is 50.8 Å². The first-order chi connectivity index (χ1) is 9.81. The summed E-state index contributed by atoms with van der Waals surface area (Å²) >= 11 is 0. The summed E-state index contributed by atoms with van der Waals surface area (Å²) in [5, 5.41) is 0. The molecular weight excluding hydrogens is 250 g/mol. The highest BCUT2D eigenvalue weighted by molar-refractivity contribution is 5.46. The van der Waals surface area contributed by atoms with Crippen LogP contribution in [-0.4, -0.2) is 55.8 Å². The Labute approximate surface area is 121 Å². The SMILES string of the molecule is Cc1cc(N2CCCN(C[C@H]3CCOC3)CC2)ccn1. The molecule has 3 heterocycles. The molecule has 20 heavy (non-hydrogen) atoms. The molecule has 0 N–H and O–H groups in total. The smallest absolute Gasteiger partial charge is 0.0507 e. The lowest BCUT2D eigenvalue weighted by Gasteiger charge is -2.25. The van der Waals surface area contributed by atoms with Gasteiger partial charge in [-0.3, -0.25) is 4.98 Å². The molecule has 110 valence electrons. The molecule has 2 fully saturated rings. The second-order valence-electron chi connectivity index (χ2n) is 6.03. The molecule has 1 aromatic heterocycles. The van der Waals surface area contributed by atoms with E-state index >= 15 is 0 Å². The van der Waals surface area contributed by atoms with Crippen LogP contribution in [0.1, 0.15) is 18.5 Å². The average Bonchev–Trinajstić information content (AvgIpc) is 2.84. The number of rotatable bonds is 3. The van der Waals surface area contributed by atoms with E-state index in [-0.39, 0.29) is 0 Å². The van der Waals surface area contributed by atoms with Gasteiger partial charge in [0.25, 0.3) is 0 Å². The summed E-state index contributed by atoms with van der Waals surface area (Å²) < 4.78 is 5.49. The normalized spacial score (nSPS) is 24.9. The quantitative estimate of drug-likeness (QED) is 0.843. The van der Waals surface area contributed by atoms with Gasteiger partial charge in [-0.15, -0.1) is 0 Å². The lowest BCUT2D eigenvalue weighted by molar-refractivity contribution is 0.169. The van der Waals surface area contributed by atoms with E-state index in [1.165, 1.54) is 31.6 Å². The van der Waals surface area contributed by atoms with E-state index in [0.717, 1.165) is 44.5 Å². The van der Waals surface area contributed by atoms with Crippen molar-refractivity contribution in [1.29, 1.82) is 0 Å². The maximum atomic E-state index is 5.49. The Kier molecular flexibility index (Phi) is 4.53. The van der Waals surface area contributed by atoms with Crippen molar-refractivity contribution >= 4 is 5.69 Å². The number of hydrogen-bond donors (Lipinski definition) is 0. The van der Waals surface area contributed by atoms with Crippen LogP contribution >= 0.6 is 0 Å². The average molecular weight is 275 g/mol. The minimum absolute atomic E-state index is 0.754. The summed E-state index contributed by atoms with van der Waals surface area (Å²) in [6.45, 7) is 9.86. The number of aromatic nitrogens is 1. The molecule has 4 nitrogen and oxygen atoms in total. The van der Waals surface area contributed by atoms with Crippen molar-refractivity contribution in [3.63, 3.8) is 0 Å². The van der Waals surface area contributed by atoms with Gasteiger partial charge in [0.1, 0.15) is 0 Å². The highest BCUT2D eigenvalue weighted by Crippen LogP contribution is 2.19. The van der Waals surface area contributed by atoms with Crippen molar-refractivity contribution < 1.29 is 4.74 Å². The Morgan fingerprint density at radius 3 is 3.05 bits per heavy atom. The number of hydrogen-bond acceptors (Lipinski definition) is 4. The van der Waals surface area contributed by atoms with E-state index in [2.05, 4.69) is 33.8 Å². The third-order valence-corrected chi connectivity index (χ3v) is 4.37. The van der Waals surface area contributed by atoms with E-state index in [0.29, 0.717) is 0 Å². The van der Waals surface area contributed by atoms with Crippen LogP contribution in [-0.2, 0) is 4.74 Å². The van der Waals surface area contributed by atoms with Gasteiger partial charge in [0.2, 0.25) is 0 Å². The van der Waals surface area contributed by atoms with Crippen LogP contribution in [0.2, 0.25) is 0 Å². The lowest BCUT2D eigenvalue weighted by atomic mass is 10.1. The zero-order chi connectivity index (χ0) is 13.8. The third kappa shape index (κ3) is 3.49. The number of nitrogens with zero attached hydrogens (tertiary/aromatic N) is 3. The van der Waals surface area contributed by atoms with E-state index in [9.17, 15) is 0 Å². The standard InChI is InChI=1S/C16H25N3O/c1-14-11-16(3-5-17-14)19-7-2-6-18(8-9-19)12-15-4-10-20-13-15/h3,5,11,15H,2,4,6-10,12-13H2,1H3/t15-/m1/s1. The summed E-state index contributed by atoms with van der Waals surface area (Å²) in [4.78, 5) is 9.41. The van der Waals surface area contributed by atoms with Crippen LogP contribution < -0.4 is 4.90 Å². The first kappa shape index (κ1) is 13.8. The van der Waals surface area contributed by atoms with Gasteiger partial charge >= 0.3 is 0 Å². The fourth-order valence-electron chi connectivity index (χ4n) is 3.23. The Morgan fingerprint density at radius 1 is 1.30 bits per heavy atom. The van der Waals surface area contributed by atoms with Crippen molar-refractivity contribution in [3.8, 4) is 0 Å². The molecule has 2 saturated heterocycles. The number of pyridine rings is 1. The highest BCUT2D eigenvalue weighted by atomic mass is 16.5. The monoisotopic (exact) mass is 275 g/mol. The minimum atomic E-state index is 0.754. The largest absolute Gasteiger partial charge is 0.381 e. The molecule has 0 aromatic carbocycles. The van der Waals surface area contributed by atoms with Gasteiger partial charge < -0.3 is 14.5 Å². The molecule has 2 aliphatic heterocycles. The number of aryl methyl sites for hydroxylation is 1. The van der Waals surface area contributed by atoms with Crippen molar-refractivity contribution in [2.24, 2.45) is 5.92 Å². The van der Waals surface area contributed by atoms with E-state index < -0.39 is 0 Å². The highest BCUT2D eigenvalue weighted by Gasteiger charge is 2.21. The first-order valence-corrected chi connectivity index (χ1v) is 7.79. The summed E-state index contributed by atoms with van der Waals surface area (Å²) in [7, 11) is 0. The topological polar surface area (TPSA) is 28.6 Å². The Balaban J connectivity index is 1.56. The van der Waals surface area contributed by atoms with Crippen molar-refractivity contribution in [2.45, 2.75) is 19.8 Å². The minimum Gasteiger partial charge on any atom is -0.381 e. The van der Waals surface area contributed by atoms with Gasteiger partial charge in [0.15, 0.2) is 0 Å². The maximum Gasteiger partial charge on any atom is 0.0507 e.